The van der Waals surface area contributed by atoms with Gasteiger partial charge in [0.25, 0.3) is 0 Å². The number of aromatic nitrogens is 6. The third-order valence-electron chi connectivity index (χ3n) is 5.02. The van der Waals surface area contributed by atoms with Crippen molar-refractivity contribution in [2.75, 3.05) is 4.72 Å². The number of pyridine rings is 3. The van der Waals surface area contributed by atoms with Crippen molar-refractivity contribution >= 4 is 28.5 Å². The Bertz CT molecular complexity index is 1530. The average molecular weight is 460 g/mol. The molecule has 0 bridgehead atoms. The summed E-state index contributed by atoms with van der Waals surface area (Å²) in [4.78, 5) is 12.2. The molecule has 0 fully saturated rings. The van der Waals surface area contributed by atoms with Crippen molar-refractivity contribution in [3.63, 3.8) is 0 Å². The van der Waals surface area contributed by atoms with E-state index in [1.807, 2.05) is 19.3 Å². The SMILES string of the molecule is Cn1cc(-c2cnc(C=N)c(NS(=O)c3cnc4ccc(-c5ccnc(F)c5)cn34)c2)cn1. The standard InChI is InChI=1S/C22H17FN8OS/c1-30-12-17(10-28-30)16-6-18(19(8-24)26-9-16)29-33(32)22-11-27-21-3-2-15(13-31(21)22)14-4-5-25-20(23)7-14/h2-13,24,29H,1H3. The second kappa shape index (κ2) is 8.36. The van der Waals surface area contributed by atoms with E-state index in [0.29, 0.717) is 27.6 Å². The minimum Gasteiger partial charge on any atom is -0.306 e. The van der Waals surface area contributed by atoms with Gasteiger partial charge in [-0.05, 0) is 35.4 Å². The molecule has 0 aliphatic heterocycles. The predicted molar refractivity (Wildman–Crippen MR) is 123 cm³/mol. The summed E-state index contributed by atoms with van der Waals surface area (Å²) in [6, 6.07) is 8.38. The molecule has 0 aliphatic carbocycles. The second-order valence-electron chi connectivity index (χ2n) is 7.18. The molecule has 5 heterocycles. The summed E-state index contributed by atoms with van der Waals surface area (Å²) in [5.41, 5.74) is 4.35. The fraction of sp³-hybridized carbons (Fsp3) is 0.0455. The molecule has 9 nitrogen and oxygen atoms in total. The van der Waals surface area contributed by atoms with E-state index in [9.17, 15) is 8.60 Å². The highest BCUT2D eigenvalue weighted by molar-refractivity contribution is 7.86. The Hall–Kier alpha value is -4.25. The summed E-state index contributed by atoms with van der Waals surface area (Å²) in [5, 5.41) is 12.2. The number of hydrogen-bond donors (Lipinski definition) is 2. The van der Waals surface area contributed by atoms with E-state index in [1.165, 1.54) is 18.5 Å². The summed E-state index contributed by atoms with van der Waals surface area (Å²) < 4.78 is 33.1. The van der Waals surface area contributed by atoms with Gasteiger partial charge < -0.3 is 5.41 Å². The Kier molecular flexibility index (Phi) is 5.23. The number of nitrogens with zero attached hydrogens (tertiary/aromatic N) is 6. The monoisotopic (exact) mass is 460 g/mol. The van der Waals surface area contributed by atoms with Gasteiger partial charge in [0.1, 0.15) is 11.3 Å². The number of rotatable bonds is 6. The second-order valence-corrected chi connectivity index (χ2v) is 8.34. The minimum absolute atomic E-state index is 0.345. The highest BCUT2D eigenvalue weighted by Gasteiger charge is 2.15. The Labute approximate surface area is 190 Å². The zero-order valence-corrected chi connectivity index (χ0v) is 18.1. The van der Waals surface area contributed by atoms with Crippen molar-refractivity contribution in [3.05, 3.63) is 79.2 Å². The normalized spacial score (nSPS) is 12.1. The molecule has 0 aliphatic rings. The molecule has 5 aromatic heterocycles. The molecule has 5 aromatic rings. The van der Waals surface area contributed by atoms with Gasteiger partial charge in [0.15, 0.2) is 16.0 Å². The largest absolute Gasteiger partial charge is 0.306 e. The van der Waals surface area contributed by atoms with Gasteiger partial charge in [-0.1, -0.05) is 0 Å². The number of fused-ring (bicyclic) bond motifs is 1. The molecule has 0 saturated heterocycles. The highest BCUT2D eigenvalue weighted by atomic mass is 32.2. The van der Waals surface area contributed by atoms with Gasteiger partial charge in [0, 0.05) is 55.2 Å². The molecule has 1 atom stereocenters. The lowest BCUT2D eigenvalue weighted by Gasteiger charge is -2.10. The quantitative estimate of drug-likeness (QED) is 0.298. The summed E-state index contributed by atoms with van der Waals surface area (Å²) in [6.45, 7) is 0. The van der Waals surface area contributed by atoms with Crippen molar-refractivity contribution in [2.24, 2.45) is 7.05 Å². The molecule has 33 heavy (non-hydrogen) atoms. The van der Waals surface area contributed by atoms with E-state index < -0.39 is 16.9 Å². The third-order valence-corrected chi connectivity index (χ3v) is 6.10. The van der Waals surface area contributed by atoms with Crippen molar-refractivity contribution in [3.8, 4) is 22.3 Å². The Morgan fingerprint density at radius 2 is 1.88 bits per heavy atom. The molecular formula is C22H17FN8OS. The minimum atomic E-state index is -1.72. The Morgan fingerprint density at radius 3 is 2.64 bits per heavy atom. The first-order chi connectivity index (χ1) is 16.0. The van der Waals surface area contributed by atoms with Gasteiger partial charge in [0.2, 0.25) is 5.95 Å². The molecule has 0 saturated carbocycles. The molecule has 0 aromatic carbocycles. The summed E-state index contributed by atoms with van der Waals surface area (Å²) in [6.07, 6.45) is 10.9. The van der Waals surface area contributed by atoms with Gasteiger partial charge in [0.05, 0.1) is 18.1 Å². The molecule has 5 rings (SSSR count). The van der Waals surface area contributed by atoms with Crippen LogP contribution in [-0.2, 0) is 18.0 Å². The van der Waals surface area contributed by atoms with Gasteiger partial charge in [-0.2, -0.15) is 9.49 Å². The van der Waals surface area contributed by atoms with Crippen LogP contribution in [0.25, 0.3) is 27.9 Å². The van der Waals surface area contributed by atoms with Crippen LogP contribution in [0.2, 0.25) is 0 Å². The van der Waals surface area contributed by atoms with E-state index in [1.54, 1.807) is 45.9 Å². The molecule has 1 unspecified atom stereocenters. The maximum absolute atomic E-state index is 13.6. The molecule has 2 N–H and O–H groups in total. The molecule has 0 spiro atoms. The number of halogens is 1. The average Bonchev–Trinajstić information content (AvgIpc) is 3.45. The maximum Gasteiger partial charge on any atom is 0.213 e. The fourth-order valence-electron chi connectivity index (χ4n) is 3.40. The van der Waals surface area contributed by atoms with Crippen molar-refractivity contribution in [1.82, 2.24) is 29.1 Å². The molecule has 0 amide bonds. The van der Waals surface area contributed by atoms with Gasteiger partial charge >= 0.3 is 0 Å². The van der Waals surface area contributed by atoms with Gasteiger partial charge in [-0.3, -0.25) is 18.8 Å². The summed E-state index contributed by atoms with van der Waals surface area (Å²) in [5.74, 6) is -0.580. The molecule has 0 radical (unpaired) electrons. The number of aryl methyl sites for hydroxylation is 1. The number of anilines is 1. The smallest absolute Gasteiger partial charge is 0.213 e. The maximum atomic E-state index is 13.6. The van der Waals surface area contributed by atoms with Gasteiger partial charge in [-0.15, -0.1) is 0 Å². The fourth-order valence-corrected chi connectivity index (χ4v) is 4.34. The zero-order valence-electron chi connectivity index (χ0n) is 17.3. The van der Waals surface area contributed by atoms with Crippen LogP contribution in [0.5, 0.6) is 0 Å². The van der Waals surface area contributed by atoms with Crippen LogP contribution >= 0.6 is 0 Å². The zero-order chi connectivity index (χ0) is 22.9. The highest BCUT2D eigenvalue weighted by Crippen LogP contribution is 2.25. The van der Waals surface area contributed by atoms with Crippen LogP contribution < -0.4 is 4.72 Å². The molecule has 164 valence electrons. The number of hydrogen-bond acceptors (Lipinski definition) is 6. The lowest BCUT2D eigenvalue weighted by molar-refractivity contribution is 0.584. The van der Waals surface area contributed by atoms with E-state index in [0.717, 1.165) is 22.9 Å². The van der Waals surface area contributed by atoms with E-state index in [4.69, 9.17) is 5.41 Å². The summed E-state index contributed by atoms with van der Waals surface area (Å²) in [7, 11) is 0.0975. The first-order valence-electron chi connectivity index (χ1n) is 9.79. The van der Waals surface area contributed by atoms with Crippen LogP contribution in [0.15, 0.2) is 72.5 Å². The van der Waals surface area contributed by atoms with Crippen molar-refractivity contribution in [2.45, 2.75) is 5.03 Å². The van der Waals surface area contributed by atoms with Crippen LogP contribution in [-0.4, -0.2) is 39.6 Å². The lowest BCUT2D eigenvalue weighted by atomic mass is 10.1. The third kappa shape index (κ3) is 4.01. The first kappa shape index (κ1) is 20.6. The van der Waals surface area contributed by atoms with Crippen molar-refractivity contribution in [1.29, 1.82) is 5.41 Å². The Morgan fingerprint density at radius 1 is 1.00 bits per heavy atom. The molecular weight excluding hydrogens is 443 g/mol. The topological polar surface area (TPSA) is 114 Å². The van der Waals surface area contributed by atoms with Gasteiger partial charge in [-0.25, -0.2) is 14.2 Å². The summed E-state index contributed by atoms with van der Waals surface area (Å²) >= 11 is 0. The number of imidazole rings is 1. The van der Waals surface area contributed by atoms with Crippen LogP contribution in [0.4, 0.5) is 10.1 Å². The van der Waals surface area contributed by atoms with Crippen molar-refractivity contribution < 1.29 is 8.60 Å². The van der Waals surface area contributed by atoms with E-state index in [2.05, 4.69) is 24.8 Å². The number of nitrogens with one attached hydrogen (secondary N) is 2. The van der Waals surface area contributed by atoms with E-state index >= 15 is 0 Å². The molecule has 11 heteroatoms. The first-order valence-corrected chi connectivity index (χ1v) is 10.9. The Balaban J connectivity index is 1.50. The van der Waals surface area contributed by atoms with Crippen LogP contribution in [0.3, 0.4) is 0 Å². The lowest BCUT2D eigenvalue weighted by Crippen LogP contribution is -2.10. The van der Waals surface area contributed by atoms with E-state index in [-0.39, 0.29) is 0 Å². The van der Waals surface area contributed by atoms with Crippen LogP contribution in [0.1, 0.15) is 5.69 Å². The van der Waals surface area contributed by atoms with Crippen LogP contribution in [0, 0.1) is 11.4 Å². The predicted octanol–water partition coefficient (Wildman–Crippen LogP) is 3.46.